The fourth-order valence-electron chi connectivity index (χ4n) is 2.48. The summed E-state index contributed by atoms with van der Waals surface area (Å²) in [7, 11) is -4.77. The number of aromatic nitrogens is 4. The number of halogens is 1. The van der Waals surface area contributed by atoms with Gasteiger partial charge in [-0.3, -0.25) is 9.09 Å². The van der Waals surface area contributed by atoms with Gasteiger partial charge in [0.1, 0.15) is 30.2 Å². The van der Waals surface area contributed by atoms with Gasteiger partial charge in [-0.05, 0) is 0 Å². The number of nitrogens with two attached hydrogens (primary N) is 1. The quantitative estimate of drug-likeness (QED) is 0.520. The van der Waals surface area contributed by atoms with Gasteiger partial charge in [-0.15, -0.1) is 0 Å². The molecule has 1 aliphatic heterocycles. The zero-order valence-electron chi connectivity index (χ0n) is 12.1. The van der Waals surface area contributed by atoms with E-state index >= 15 is 0 Å². The van der Waals surface area contributed by atoms with Crippen LogP contribution < -0.4 is 5.73 Å². The SMILES string of the molecule is Nc1ncnc2c1ncn2[C@@H]1O[C@H](COP(=O)(O)O)C(F)C[C@@H]1O. The van der Waals surface area contributed by atoms with E-state index < -0.39 is 39.0 Å². The first-order valence-electron chi connectivity index (χ1n) is 6.87. The summed E-state index contributed by atoms with van der Waals surface area (Å²) < 4.78 is 35.8. The molecule has 3 heterocycles. The van der Waals surface area contributed by atoms with Gasteiger partial charge in [0.25, 0.3) is 0 Å². The second-order valence-corrected chi connectivity index (χ2v) is 6.49. The van der Waals surface area contributed by atoms with Gasteiger partial charge in [-0.2, -0.15) is 0 Å². The van der Waals surface area contributed by atoms with Crippen LogP contribution in [0, 0.1) is 0 Å². The highest BCUT2D eigenvalue weighted by Crippen LogP contribution is 2.38. The summed E-state index contributed by atoms with van der Waals surface area (Å²) in [5.74, 6) is 0.133. The van der Waals surface area contributed by atoms with Crippen LogP contribution in [0.5, 0.6) is 0 Å². The Hall–Kier alpha value is -1.69. The van der Waals surface area contributed by atoms with Crippen molar-refractivity contribution in [3.05, 3.63) is 12.7 Å². The van der Waals surface area contributed by atoms with Gasteiger partial charge in [0.15, 0.2) is 17.7 Å². The van der Waals surface area contributed by atoms with E-state index in [9.17, 15) is 14.1 Å². The average Bonchev–Trinajstić information content (AvgIpc) is 2.91. The predicted octanol–water partition coefficient (Wildman–Crippen LogP) is -0.496. The zero-order valence-corrected chi connectivity index (χ0v) is 13.0. The fourth-order valence-corrected chi connectivity index (χ4v) is 2.82. The lowest BCUT2D eigenvalue weighted by molar-refractivity contribution is -0.188. The number of phosphoric ester groups is 1. The maximum atomic E-state index is 14.0. The molecule has 0 aliphatic carbocycles. The van der Waals surface area contributed by atoms with E-state index in [4.69, 9.17) is 20.3 Å². The standard InChI is InChI=1S/C11H15FN5O6P/c12-5-1-6(18)11(23-7(5)2-22-24(19,20)21)17-4-16-8-9(13)14-3-15-10(8)17/h3-7,11,18H,1-2H2,(H2,13,14,15)(H2,19,20,21)/t5?,6-,7+,11+/m0/s1. The molecule has 132 valence electrons. The summed E-state index contributed by atoms with van der Waals surface area (Å²) in [6.45, 7) is -0.668. The van der Waals surface area contributed by atoms with Crippen molar-refractivity contribution in [3.63, 3.8) is 0 Å². The highest BCUT2D eigenvalue weighted by Gasteiger charge is 2.40. The van der Waals surface area contributed by atoms with Gasteiger partial charge in [0.2, 0.25) is 0 Å². The molecule has 2 aromatic heterocycles. The number of aliphatic hydroxyl groups is 1. The lowest BCUT2D eigenvalue weighted by Crippen LogP contribution is -2.45. The van der Waals surface area contributed by atoms with Crippen molar-refractivity contribution in [1.82, 2.24) is 19.5 Å². The molecule has 1 saturated heterocycles. The predicted molar refractivity (Wildman–Crippen MR) is 77.2 cm³/mol. The molecule has 4 atom stereocenters. The number of ether oxygens (including phenoxy) is 1. The van der Waals surface area contributed by atoms with Crippen molar-refractivity contribution in [2.75, 3.05) is 12.3 Å². The largest absolute Gasteiger partial charge is 0.469 e. The van der Waals surface area contributed by atoms with E-state index in [-0.39, 0.29) is 17.9 Å². The first-order chi connectivity index (χ1) is 11.3. The van der Waals surface area contributed by atoms with E-state index in [1.807, 2.05) is 0 Å². The molecule has 5 N–H and O–H groups in total. The van der Waals surface area contributed by atoms with Crippen molar-refractivity contribution < 1.29 is 33.1 Å². The molecule has 24 heavy (non-hydrogen) atoms. The van der Waals surface area contributed by atoms with E-state index in [1.54, 1.807) is 0 Å². The van der Waals surface area contributed by atoms with Gasteiger partial charge >= 0.3 is 7.82 Å². The summed E-state index contributed by atoms with van der Waals surface area (Å²) in [6, 6.07) is 0. The maximum absolute atomic E-state index is 14.0. The van der Waals surface area contributed by atoms with E-state index in [2.05, 4.69) is 19.5 Å². The normalized spacial score (nSPS) is 28.3. The molecule has 0 saturated carbocycles. The molecule has 2 aromatic rings. The monoisotopic (exact) mass is 363 g/mol. The smallest absolute Gasteiger partial charge is 0.388 e. The van der Waals surface area contributed by atoms with Crippen molar-refractivity contribution in [1.29, 1.82) is 0 Å². The number of imidazole rings is 1. The molecule has 1 aliphatic rings. The molecule has 0 amide bonds. The Kier molecular flexibility index (Phi) is 4.51. The highest BCUT2D eigenvalue weighted by molar-refractivity contribution is 7.46. The van der Waals surface area contributed by atoms with Crippen LogP contribution in [0.15, 0.2) is 12.7 Å². The maximum Gasteiger partial charge on any atom is 0.469 e. The molecular weight excluding hydrogens is 348 g/mol. The van der Waals surface area contributed by atoms with Crippen LogP contribution in [0.3, 0.4) is 0 Å². The van der Waals surface area contributed by atoms with Crippen molar-refractivity contribution in [2.45, 2.75) is 31.0 Å². The third-order valence-electron chi connectivity index (χ3n) is 3.58. The fraction of sp³-hybridized carbons (Fsp3) is 0.545. The number of alkyl halides is 1. The number of nitrogens with zero attached hydrogens (tertiary/aromatic N) is 4. The minimum absolute atomic E-state index is 0.133. The second-order valence-electron chi connectivity index (χ2n) is 5.25. The third-order valence-corrected chi connectivity index (χ3v) is 4.07. The lowest BCUT2D eigenvalue weighted by atomic mass is 10.0. The van der Waals surface area contributed by atoms with E-state index in [0.29, 0.717) is 5.52 Å². The van der Waals surface area contributed by atoms with Crippen LogP contribution in [0.25, 0.3) is 11.2 Å². The Labute approximate surface area is 134 Å². The highest BCUT2D eigenvalue weighted by atomic mass is 31.2. The second kappa shape index (κ2) is 6.31. The van der Waals surface area contributed by atoms with E-state index in [1.165, 1.54) is 17.2 Å². The number of hydrogen-bond acceptors (Lipinski definition) is 8. The number of aliphatic hydroxyl groups excluding tert-OH is 1. The molecule has 0 bridgehead atoms. The number of nitrogen functional groups attached to an aromatic ring is 1. The Morgan fingerprint density at radius 1 is 1.46 bits per heavy atom. The van der Waals surface area contributed by atoms with Crippen LogP contribution >= 0.6 is 7.82 Å². The van der Waals surface area contributed by atoms with Crippen LogP contribution in [0.1, 0.15) is 12.6 Å². The van der Waals surface area contributed by atoms with Gasteiger partial charge in [0.05, 0.1) is 12.9 Å². The molecule has 11 nitrogen and oxygen atoms in total. The minimum atomic E-state index is -4.77. The topological polar surface area (TPSA) is 166 Å². The van der Waals surface area contributed by atoms with Crippen LogP contribution in [-0.4, -0.2) is 59.4 Å². The Morgan fingerprint density at radius 3 is 2.92 bits per heavy atom. The summed E-state index contributed by atoms with van der Waals surface area (Å²) >= 11 is 0. The summed E-state index contributed by atoms with van der Waals surface area (Å²) in [5.41, 5.74) is 6.25. The zero-order chi connectivity index (χ0) is 17.5. The number of rotatable bonds is 4. The molecule has 13 heteroatoms. The number of hydrogen-bond donors (Lipinski definition) is 4. The first kappa shape index (κ1) is 17.1. The summed E-state index contributed by atoms with van der Waals surface area (Å²) in [6.07, 6.45) is -3.01. The summed E-state index contributed by atoms with van der Waals surface area (Å²) in [4.78, 5) is 29.3. The van der Waals surface area contributed by atoms with Gasteiger partial charge in [0, 0.05) is 6.42 Å². The molecule has 0 spiro atoms. The Morgan fingerprint density at radius 2 is 2.21 bits per heavy atom. The molecule has 1 unspecified atom stereocenters. The molecular formula is C11H15FN5O6P. The van der Waals surface area contributed by atoms with Crippen molar-refractivity contribution >= 4 is 24.8 Å². The number of fused-ring (bicyclic) bond motifs is 1. The Balaban J connectivity index is 1.86. The van der Waals surface area contributed by atoms with Crippen LogP contribution in [0.2, 0.25) is 0 Å². The van der Waals surface area contributed by atoms with E-state index in [0.717, 1.165) is 0 Å². The van der Waals surface area contributed by atoms with Gasteiger partial charge in [-0.25, -0.2) is 23.9 Å². The first-order valence-corrected chi connectivity index (χ1v) is 8.40. The lowest BCUT2D eigenvalue weighted by Gasteiger charge is -2.36. The Bertz CT molecular complexity index is 783. The third kappa shape index (κ3) is 3.38. The summed E-state index contributed by atoms with van der Waals surface area (Å²) in [5, 5.41) is 10.1. The van der Waals surface area contributed by atoms with Gasteiger partial charge < -0.3 is 25.4 Å². The number of anilines is 1. The molecule has 1 fully saturated rings. The minimum Gasteiger partial charge on any atom is -0.388 e. The average molecular weight is 363 g/mol. The molecule has 3 rings (SSSR count). The van der Waals surface area contributed by atoms with Crippen LogP contribution in [-0.2, 0) is 13.8 Å². The van der Waals surface area contributed by atoms with Crippen molar-refractivity contribution in [2.24, 2.45) is 0 Å². The van der Waals surface area contributed by atoms with Crippen LogP contribution in [0.4, 0.5) is 10.2 Å². The van der Waals surface area contributed by atoms with Crippen molar-refractivity contribution in [3.8, 4) is 0 Å². The molecule has 0 radical (unpaired) electrons. The number of phosphoric acid groups is 1. The molecule has 0 aromatic carbocycles. The van der Waals surface area contributed by atoms with Gasteiger partial charge in [-0.1, -0.05) is 0 Å².